The molecular weight excluding hydrogens is 214 g/mol. The van der Waals surface area contributed by atoms with Crippen LogP contribution in [0.25, 0.3) is 0 Å². The number of nitrogens with one attached hydrogen (secondary N) is 2. The fourth-order valence-electron chi connectivity index (χ4n) is 1.85. The highest BCUT2D eigenvalue weighted by Crippen LogP contribution is 2.34. The van der Waals surface area contributed by atoms with Gasteiger partial charge >= 0.3 is 0 Å². The van der Waals surface area contributed by atoms with Crippen LogP contribution in [0.3, 0.4) is 0 Å². The summed E-state index contributed by atoms with van der Waals surface area (Å²) in [6.45, 7) is 7.12. The van der Waals surface area contributed by atoms with Crippen molar-refractivity contribution in [3.05, 3.63) is 0 Å². The van der Waals surface area contributed by atoms with E-state index in [1.54, 1.807) is 7.11 Å². The number of hydrogen-bond donors (Lipinski definition) is 2. The van der Waals surface area contributed by atoms with Crippen LogP contribution in [0.1, 0.15) is 40.0 Å². The van der Waals surface area contributed by atoms with Gasteiger partial charge in [0.2, 0.25) is 0 Å². The Kier molecular flexibility index (Phi) is 5.25. The van der Waals surface area contributed by atoms with Gasteiger partial charge in [-0.3, -0.25) is 4.99 Å². The summed E-state index contributed by atoms with van der Waals surface area (Å²) in [4.78, 5) is 4.24. The van der Waals surface area contributed by atoms with E-state index in [4.69, 9.17) is 4.74 Å². The molecule has 0 radical (unpaired) electrons. The summed E-state index contributed by atoms with van der Waals surface area (Å²) in [5.74, 6) is 1.73. The zero-order chi connectivity index (χ0) is 12.9. The Balaban J connectivity index is 2.27. The molecule has 0 amide bonds. The maximum absolute atomic E-state index is 5.37. The molecule has 0 aliphatic heterocycles. The Morgan fingerprint density at radius 1 is 1.47 bits per heavy atom. The van der Waals surface area contributed by atoms with E-state index in [1.807, 2.05) is 7.05 Å². The number of nitrogens with zero attached hydrogens (tertiary/aromatic N) is 1. The van der Waals surface area contributed by atoms with Gasteiger partial charge in [-0.1, -0.05) is 13.3 Å². The van der Waals surface area contributed by atoms with Gasteiger partial charge in [0.25, 0.3) is 0 Å². The monoisotopic (exact) mass is 241 g/mol. The topological polar surface area (TPSA) is 45.7 Å². The third kappa shape index (κ3) is 4.94. The first kappa shape index (κ1) is 14.3. The molecule has 0 heterocycles. The lowest BCUT2D eigenvalue weighted by Crippen LogP contribution is -2.46. The molecule has 0 aromatic carbocycles. The molecule has 0 aromatic heterocycles. The maximum atomic E-state index is 5.37. The minimum atomic E-state index is -0.163. The van der Waals surface area contributed by atoms with Crippen molar-refractivity contribution in [3.63, 3.8) is 0 Å². The average molecular weight is 241 g/mol. The summed E-state index contributed by atoms with van der Waals surface area (Å²) in [5, 5.41) is 6.76. The second kappa shape index (κ2) is 6.24. The minimum absolute atomic E-state index is 0.163. The van der Waals surface area contributed by atoms with Crippen LogP contribution in [0, 0.1) is 5.92 Å². The molecule has 0 saturated heterocycles. The van der Waals surface area contributed by atoms with Gasteiger partial charge in [0, 0.05) is 26.7 Å². The van der Waals surface area contributed by atoms with Crippen LogP contribution < -0.4 is 10.6 Å². The normalized spacial score (nSPS) is 24.6. The molecular formula is C13H27N3O. The zero-order valence-electron chi connectivity index (χ0n) is 11.8. The van der Waals surface area contributed by atoms with Gasteiger partial charge in [-0.15, -0.1) is 0 Å². The molecule has 100 valence electrons. The fraction of sp³-hybridized carbons (Fsp3) is 0.923. The van der Waals surface area contributed by atoms with E-state index < -0.39 is 0 Å². The van der Waals surface area contributed by atoms with Crippen LogP contribution in [0.15, 0.2) is 4.99 Å². The van der Waals surface area contributed by atoms with E-state index in [9.17, 15) is 0 Å². The SMILES string of the molecule is CCCC1CC1NC(=NC)NCC(C)(C)OC. The first-order valence-electron chi connectivity index (χ1n) is 6.54. The Morgan fingerprint density at radius 3 is 2.71 bits per heavy atom. The van der Waals surface area contributed by atoms with Gasteiger partial charge in [0.05, 0.1) is 5.60 Å². The van der Waals surface area contributed by atoms with Crippen LogP contribution in [0.2, 0.25) is 0 Å². The summed E-state index contributed by atoms with van der Waals surface area (Å²) >= 11 is 0. The molecule has 1 fully saturated rings. The van der Waals surface area contributed by atoms with Crippen molar-refractivity contribution < 1.29 is 4.74 Å². The number of guanidine groups is 1. The molecule has 2 unspecified atom stereocenters. The summed E-state index contributed by atoms with van der Waals surface area (Å²) in [6.07, 6.45) is 3.87. The highest BCUT2D eigenvalue weighted by atomic mass is 16.5. The lowest BCUT2D eigenvalue weighted by atomic mass is 10.1. The van der Waals surface area contributed by atoms with Crippen LogP contribution in [-0.4, -0.2) is 38.3 Å². The van der Waals surface area contributed by atoms with Crippen molar-refractivity contribution in [3.8, 4) is 0 Å². The molecule has 1 rings (SSSR count). The summed E-state index contributed by atoms with van der Waals surface area (Å²) in [5.41, 5.74) is -0.163. The fourth-order valence-corrected chi connectivity index (χ4v) is 1.85. The second-order valence-corrected chi connectivity index (χ2v) is 5.42. The molecule has 1 aliphatic carbocycles. The maximum Gasteiger partial charge on any atom is 0.191 e. The van der Waals surface area contributed by atoms with E-state index in [1.165, 1.54) is 19.3 Å². The third-order valence-electron chi connectivity index (χ3n) is 3.36. The molecule has 4 nitrogen and oxygen atoms in total. The van der Waals surface area contributed by atoms with Gasteiger partial charge in [0.1, 0.15) is 0 Å². The number of methoxy groups -OCH3 is 1. The lowest BCUT2D eigenvalue weighted by Gasteiger charge is -2.24. The van der Waals surface area contributed by atoms with Crippen LogP contribution in [0.4, 0.5) is 0 Å². The standard InChI is InChI=1S/C13H27N3O/c1-6-7-10-8-11(10)16-12(14-4)15-9-13(2,3)17-5/h10-11H,6-9H2,1-5H3,(H2,14,15,16). The lowest BCUT2D eigenvalue weighted by molar-refractivity contribution is 0.0268. The van der Waals surface area contributed by atoms with Crippen molar-refractivity contribution in [2.24, 2.45) is 10.9 Å². The van der Waals surface area contributed by atoms with Crippen molar-refractivity contribution >= 4 is 5.96 Å². The summed E-state index contributed by atoms with van der Waals surface area (Å²) < 4.78 is 5.37. The minimum Gasteiger partial charge on any atom is -0.377 e. The Bertz CT molecular complexity index is 263. The zero-order valence-corrected chi connectivity index (χ0v) is 11.8. The molecule has 1 aliphatic rings. The predicted octanol–water partition coefficient (Wildman–Crippen LogP) is 1.76. The van der Waals surface area contributed by atoms with Gasteiger partial charge in [0.15, 0.2) is 5.96 Å². The van der Waals surface area contributed by atoms with Gasteiger partial charge in [-0.05, 0) is 32.6 Å². The largest absolute Gasteiger partial charge is 0.377 e. The second-order valence-electron chi connectivity index (χ2n) is 5.42. The highest BCUT2D eigenvalue weighted by Gasteiger charge is 2.36. The van der Waals surface area contributed by atoms with Crippen molar-refractivity contribution in [2.45, 2.75) is 51.7 Å². The van der Waals surface area contributed by atoms with E-state index in [2.05, 4.69) is 36.4 Å². The molecule has 4 heteroatoms. The first-order valence-corrected chi connectivity index (χ1v) is 6.54. The van der Waals surface area contributed by atoms with Gasteiger partial charge < -0.3 is 15.4 Å². The Labute approximate surface area is 105 Å². The third-order valence-corrected chi connectivity index (χ3v) is 3.36. The summed E-state index contributed by atoms with van der Waals surface area (Å²) in [7, 11) is 3.54. The molecule has 0 spiro atoms. The Morgan fingerprint density at radius 2 is 2.18 bits per heavy atom. The van der Waals surface area contributed by atoms with E-state index in [0.717, 1.165) is 18.4 Å². The van der Waals surface area contributed by atoms with Crippen LogP contribution in [-0.2, 0) is 4.74 Å². The van der Waals surface area contributed by atoms with E-state index in [0.29, 0.717) is 6.04 Å². The van der Waals surface area contributed by atoms with Crippen LogP contribution >= 0.6 is 0 Å². The number of rotatable bonds is 6. The van der Waals surface area contributed by atoms with Crippen molar-refractivity contribution in [2.75, 3.05) is 20.7 Å². The first-order chi connectivity index (χ1) is 8.02. The average Bonchev–Trinajstić information content (AvgIpc) is 3.03. The number of hydrogen-bond acceptors (Lipinski definition) is 2. The molecule has 2 atom stereocenters. The van der Waals surface area contributed by atoms with Gasteiger partial charge in [-0.2, -0.15) is 0 Å². The van der Waals surface area contributed by atoms with Gasteiger partial charge in [-0.25, -0.2) is 0 Å². The van der Waals surface area contributed by atoms with Crippen molar-refractivity contribution in [1.29, 1.82) is 0 Å². The number of aliphatic imine (C=N–C) groups is 1. The molecule has 0 aromatic rings. The van der Waals surface area contributed by atoms with Crippen LogP contribution in [0.5, 0.6) is 0 Å². The summed E-state index contributed by atoms with van der Waals surface area (Å²) in [6, 6.07) is 0.617. The highest BCUT2D eigenvalue weighted by molar-refractivity contribution is 5.80. The predicted molar refractivity (Wildman–Crippen MR) is 72.4 cm³/mol. The molecule has 17 heavy (non-hydrogen) atoms. The van der Waals surface area contributed by atoms with E-state index >= 15 is 0 Å². The van der Waals surface area contributed by atoms with Crippen molar-refractivity contribution in [1.82, 2.24) is 10.6 Å². The molecule has 1 saturated carbocycles. The quantitative estimate of drug-likeness (QED) is 0.550. The van der Waals surface area contributed by atoms with E-state index in [-0.39, 0.29) is 5.60 Å². The molecule has 2 N–H and O–H groups in total. The molecule has 0 bridgehead atoms. The Hall–Kier alpha value is -0.770. The number of ether oxygens (including phenoxy) is 1. The smallest absolute Gasteiger partial charge is 0.191 e.